The molecule has 1 aliphatic carbocycles. The van der Waals surface area contributed by atoms with E-state index in [1.165, 1.54) is 12.8 Å². The molecule has 1 aromatic carbocycles. The molecule has 1 aromatic rings. The van der Waals surface area contributed by atoms with Crippen LogP contribution in [0.15, 0.2) is 24.3 Å². The first-order valence-corrected chi connectivity index (χ1v) is 9.53. The Morgan fingerprint density at radius 3 is 2.56 bits per heavy atom. The number of rotatable bonds is 8. The molecule has 7 nitrogen and oxygen atoms in total. The van der Waals surface area contributed by atoms with Crippen LogP contribution in [0.3, 0.4) is 0 Å². The van der Waals surface area contributed by atoms with Gasteiger partial charge in [0.05, 0.1) is 5.92 Å². The lowest BCUT2D eigenvalue weighted by Gasteiger charge is -2.23. The molecule has 7 heteroatoms. The Balaban J connectivity index is 1.40. The van der Waals surface area contributed by atoms with Gasteiger partial charge in [0, 0.05) is 25.6 Å². The number of hydrogen-bond donors (Lipinski definition) is 2. The lowest BCUT2D eigenvalue weighted by atomic mass is 10.1. The van der Waals surface area contributed by atoms with Crippen LogP contribution in [0.25, 0.3) is 0 Å². The van der Waals surface area contributed by atoms with E-state index in [4.69, 9.17) is 9.84 Å². The number of amides is 2. The van der Waals surface area contributed by atoms with Gasteiger partial charge in [0.25, 0.3) is 0 Å². The fourth-order valence-corrected chi connectivity index (χ4v) is 3.85. The van der Waals surface area contributed by atoms with Crippen molar-refractivity contribution in [2.45, 2.75) is 44.6 Å². The number of hydrogen-bond acceptors (Lipinski definition) is 4. The highest BCUT2D eigenvalue weighted by molar-refractivity contribution is 5.89. The molecule has 2 fully saturated rings. The normalized spacial score (nSPS) is 20.1. The van der Waals surface area contributed by atoms with E-state index in [9.17, 15) is 14.4 Å². The molecule has 2 amide bonds. The summed E-state index contributed by atoms with van der Waals surface area (Å²) in [7, 11) is 0. The molecule has 1 unspecified atom stereocenters. The Kier molecular flexibility index (Phi) is 6.32. The molecule has 27 heavy (non-hydrogen) atoms. The van der Waals surface area contributed by atoms with E-state index in [1.807, 2.05) is 17.0 Å². The Morgan fingerprint density at radius 2 is 1.89 bits per heavy atom. The molecule has 2 N–H and O–H groups in total. The highest BCUT2D eigenvalue weighted by atomic mass is 16.5. The fraction of sp³-hybridized carbons (Fsp3) is 0.550. The number of carboxylic acid groups (broad SMARTS) is 1. The van der Waals surface area contributed by atoms with Gasteiger partial charge in [0.1, 0.15) is 5.75 Å². The Bertz CT molecular complexity index is 682. The molecule has 1 saturated carbocycles. The molecule has 146 valence electrons. The molecule has 0 spiro atoms. The van der Waals surface area contributed by atoms with E-state index >= 15 is 0 Å². The molecular formula is C20H26N2O5. The Hall–Kier alpha value is -2.57. The van der Waals surface area contributed by atoms with Crippen molar-refractivity contribution in [1.29, 1.82) is 0 Å². The monoisotopic (exact) mass is 374 g/mol. The van der Waals surface area contributed by atoms with Crippen molar-refractivity contribution in [3.8, 4) is 5.75 Å². The summed E-state index contributed by atoms with van der Waals surface area (Å²) in [4.78, 5) is 37.0. The third-order valence-corrected chi connectivity index (χ3v) is 5.29. The SMILES string of the molecule is O=C(O)COc1ccc(CCNC(=O)C2CC(=O)N(C3CCCC3)C2)cc1. The van der Waals surface area contributed by atoms with Crippen molar-refractivity contribution in [3.05, 3.63) is 29.8 Å². The third-order valence-electron chi connectivity index (χ3n) is 5.29. The van der Waals surface area contributed by atoms with Gasteiger partial charge >= 0.3 is 5.97 Å². The Morgan fingerprint density at radius 1 is 1.19 bits per heavy atom. The van der Waals surface area contributed by atoms with Crippen molar-refractivity contribution >= 4 is 17.8 Å². The summed E-state index contributed by atoms with van der Waals surface area (Å²) < 4.78 is 5.09. The summed E-state index contributed by atoms with van der Waals surface area (Å²) in [6.45, 7) is 0.681. The molecule has 1 saturated heterocycles. The number of carbonyl (C=O) groups excluding carboxylic acids is 2. The van der Waals surface area contributed by atoms with Crippen LogP contribution < -0.4 is 10.1 Å². The molecule has 0 radical (unpaired) electrons. The van der Waals surface area contributed by atoms with Gasteiger partial charge in [-0.05, 0) is 37.0 Å². The summed E-state index contributed by atoms with van der Waals surface area (Å²) in [6, 6.07) is 7.47. The van der Waals surface area contributed by atoms with Crippen molar-refractivity contribution in [2.24, 2.45) is 5.92 Å². The summed E-state index contributed by atoms with van der Waals surface area (Å²) in [5, 5.41) is 11.5. The quantitative estimate of drug-likeness (QED) is 0.721. The maximum atomic E-state index is 12.4. The smallest absolute Gasteiger partial charge is 0.341 e. The summed E-state index contributed by atoms with van der Waals surface area (Å²) in [5.41, 5.74) is 1.02. The zero-order chi connectivity index (χ0) is 19.2. The number of benzene rings is 1. The van der Waals surface area contributed by atoms with Gasteiger partial charge in [0.15, 0.2) is 6.61 Å². The second-order valence-corrected chi connectivity index (χ2v) is 7.25. The summed E-state index contributed by atoms with van der Waals surface area (Å²) in [6.07, 6.45) is 5.45. The van der Waals surface area contributed by atoms with Crippen molar-refractivity contribution in [1.82, 2.24) is 10.2 Å². The topological polar surface area (TPSA) is 95.9 Å². The van der Waals surface area contributed by atoms with Crippen LogP contribution >= 0.6 is 0 Å². The summed E-state index contributed by atoms with van der Waals surface area (Å²) in [5.74, 6) is -0.700. The van der Waals surface area contributed by atoms with Crippen LogP contribution in [0.2, 0.25) is 0 Å². The van der Waals surface area contributed by atoms with Crippen LogP contribution in [0.5, 0.6) is 5.75 Å². The first-order valence-electron chi connectivity index (χ1n) is 9.53. The number of carboxylic acids is 1. The van der Waals surface area contributed by atoms with Gasteiger partial charge in [-0.1, -0.05) is 25.0 Å². The predicted octanol–water partition coefficient (Wildman–Crippen LogP) is 1.60. The number of likely N-dealkylation sites (tertiary alicyclic amines) is 1. The van der Waals surface area contributed by atoms with E-state index < -0.39 is 5.97 Å². The lowest BCUT2D eigenvalue weighted by molar-refractivity contribution is -0.139. The lowest BCUT2D eigenvalue weighted by Crippen LogP contribution is -2.37. The average Bonchev–Trinajstić information content (AvgIpc) is 3.30. The molecule has 3 rings (SSSR count). The second-order valence-electron chi connectivity index (χ2n) is 7.25. The van der Waals surface area contributed by atoms with E-state index in [-0.39, 0.29) is 24.3 Å². The third kappa shape index (κ3) is 5.21. The number of nitrogens with zero attached hydrogens (tertiary/aromatic N) is 1. The predicted molar refractivity (Wildman–Crippen MR) is 98.4 cm³/mol. The largest absolute Gasteiger partial charge is 0.482 e. The zero-order valence-corrected chi connectivity index (χ0v) is 15.4. The van der Waals surface area contributed by atoms with E-state index in [2.05, 4.69) is 5.32 Å². The van der Waals surface area contributed by atoms with Crippen molar-refractivity contribution in [3.63, 3.8) is 0 Å². The molecule has 1 heterocycles. The highest BCUT2D eigenvalue weighted by Crippen LogP contribution is 2.29. The van der Waals surface area contributed by atoms with Crippen LogP contribution in [0.4, 0.5) is 0 Å². The van der Waals surface area contributed by atoms with Gasteiger partial charge in [-0.15, -0.1) is 0 Å². The minimum Gasteiger partial charge on any atom is -0.482 e. The van der Waals surface area contributed by atoms with Crippen LogP contribution in [0, 0.1) is 5.92 Å². The standard InChI is InChI=1S/C20H26N2O5/c23-18-11-15(12-22(18)16-3-1-2-4-16)20(26)21-10-9-14-5-7-17(8-6-14)27-13-19(24)25/h5-8,15-16H,1-4,9-13H2,(H,21,26)(H,24,25). The minimum absolute atomic E-state index is 0.0507. The average molecular weight is 374 g/mol. The first kappa shape index (κ1) is 19.2. The maximum Gasteiger partial charge on any atom is 0.341 e. The molecule has 0 bridgehead atoms. The molecule has 2 aliphatic rings. The number of ether oxygens (including phenoxy) is 1. The molecule has 0 aromatic heterocycles. The van der Waals surface area contributed by atoms with E-state index in [0.717, 1.165) is 18.4 Å². The van der Waals surface area contributed by atoms with Crippen molar-refractivity contribution in [2.75, 3.05) is 19.7 Å². The number of aliphatic carboxylic acids is 1. The molecular weight excluding hydrogens is 348 g/mol. The number of nitrogens with one attached hydrogen (secondary N) is 1. The van der Waals surface area contributed by atoms with E-state index in [1.54, 1.807) is 12.1 Å². The first-order chi connectivity index (χ1) is 13.0. The van der Waals surface area contributed by atoms with Gasteiger partial charge < -0.3 is 20.1 Å². The molecule has 1 atom stereocenters. The second kappa shape index (κ2) is 8.88. The van der Waals surface area contributed by atoms with Crippen LogP contribution in [-0.4, -0.2) is 53.5 Å². The van der Waals surface area contributed by atoms with Crippen LogP contribution in [-0.2, 0) is 20.8 Å². The zero-order valence-electron chi connectivity index (χ0n) is 15.4. The van der Waals surface area contributed by atoms with Crippen LogP contribution in [0.1, 0.15) is 37.7 Å². The van der Waals surface area contributed by atoms with Gasteiger partial charge in [-0.3, -0.25) is 9.59 Å². The summed E-state index contributed by atoms with van der Waals surface area (Å²) >= 11 is 0. The highest BCUT2D eigenvalue weighted by Gasteiger charge is 2.38. The van der Waals surface area contributed by atoms with Gasteiger partial charge in [-0.2, -0.15) is 0 Å². The molecule has 1 aliphatic heterocycles. The fourth-order valence-electron chi connectivity index (χ4n) is 3.85. The maximum absolute atomic E-state index is 12.4. The van der Waals surface area contributed by atoms with E-state index in [0.29, 0.717) is 37.7 Å². The van der Waals surface area contributed by atoms with Crippen molar-refractivity contribution < 1.29 is 24.2 Å². The van der Waals surface area contributed by atoms with Gasteiger partial charge in [0.2, 0.25) is 11.8 Å². The van der Waals surface area contributed by atoms with Gasteiger partial charge in [-0.25, -0.2) is 4.79 Å². The Labute approximate surface area is 158 Å². The number of carbonyl (C=O) groups is 3. The minimum atomic E-state index is -1.02.